The lowest BCUT2D eigenvalue weighted by molar-refractivity contribution is -0.129. The number of amides is 1. The van der Waals surface area contributed by atoms with E-state index >= 15 is 0 Å². The first-order valence-corrected chi connectivity index (χ1v) is 10.3. The second kappa shape index (κ2) is 8.23. The first-order chi connectivity index (χ1) is 15.3. The molecule has 1 heterocycles. The molecule has 2 aliphatic rings. The molecule has 1 aliphatic carbocycles. The van der Waals surface area contributed by atoms with Crippen molar-refractivity contribution in [1.82, 2.24) is 4.90 Å². The van der Waals surface area contributed by atoms with E-state index < -0.39 is 23.9 Å². The van der Waals surface area contributed by atoms with Gasteiger partial charge >= 0.3 is 6.61 Å². The van der Waals surface area contributed by atoms with Crippen LogP contribution >= 0.6 is 0 Å². The van der Waals surface area contributed by atoms with Gasteiger partial charge in [-0.25, -0.2) is 9.38 Å². The number of nitrogens with two attached hydrogens (primary N) is 1. The normalized spacial score (nSPS) is 20.2. The summed E-state index contributed by atoms with van der Waals surface area (Å²) < 4.78 is 44.6. The summed E-state index contributed by atoms with van der Waals surface area (Å²) in [6.07, 6.45) is 2.38. The van der Waals surface area contributed by atoms with Crippen molar-refractivity contribution >= 4 is 11.9 Å². The summed E-state index contributed by atoms with van der Waals surface area (Å²) in [6.45, 7) is -1.19. The van der Waals surface area contributed by atoms with E-state index in [9.17, 15) is 18.0 Å². The van der Waals surface area contributed by atoms with E-state index in [2.05, 4.69) is 21.6 Å². The minimum absolute atomic E-state index is 0.00380. The molecule has 1 atom stereocenters. The third-order valence-corrected chi connectivity index (χ3v) is 5.69. The molecule has 0 unspecified atom stereocenters. The number of benzene rings is 2. The molecule has 1 amide bonds. The van der Waals surface area contributed by atoms with Crippen LogP contribution in [0.2, 0.25) is 0 Å². The van der Waals surface area contributed by atoms with Crippen LogP contribution in [-0.2, 0) is 16.8 Å². The van der Waals surface area contributed by atoms with Gasteiger partial charge in [-0.2, -0.15) is 8.78 Å². The van der Waals surface area contributed by atoms with Crippen molar-refractivity contribution in [3.8, 4) is 17.6 Å². The zero-order valence-electron chi connectivity index (χ0n) is 17.7. The Morgan fingerprint density at radius 2 is 1.94 bits per heavy atom. The van der Waals surface area contributed by atoms with Crippen LogP contribution in [-0.4, -0.2) is 30.4 Å². The zero-order valence-corrected chi connectivity index (χ0v) is 17.7. The van der Waals surface area contributed by atoms with Crippen molar-refractivity contribution in [2.45, 2.75) is 38.3 Å². The van der Waals surface area contributed by atoms with Crippen LogP contribution in [0.25, 0.3) is 0 Å². The molecule has 2 aromatic rings. The molecule has 4 rings (SSSR count). The van der Waals surface area contributed by atoms with E-state index in [1.807, 2.05) is 0 Å². The van der Waals surface area contributed by atoms with Gasteiger partial charge in [0.25, 0.3) is 5.91 Å². The fourth-order valence-corrected chi connectivity index (χ4v) is 3.73. The molecule has 0 saturated heterocycles. The molecule has 8 heteroatoms. The largest absolute Gasteiger partial charge is 0.435 e. The fraction of sp³-hybridized carbons (Fsp3) is 0.333. The second-order valence-corrected chi connectivity index (χ2v) is 7.84. The van der Waals surface area contributed by atoms with Gasteiger partial charge in [0.2, 0.25) is 0 Å². The molecular weight excluding hydrogens is 419 g/mol. The maximum absolute atomic E-state index is 14.5. The van der Waals surface area contributed by atoms with Gasteiger partial charge in [-0.05, 0) is 60.2 Å². The van der Waals surface area contributed by atoms with Crippen molar-refractivity contribution in [3.05, 3.63) is 64.5 Å². The molecule has 166 valence electrons. The average molecular weight is 441 g/mol. The monoisotopic (exact) mass is 441 g/mol. The highest BCUT2D eigenvalue weighted by atomic mass is 19.3. The maximum atomic E-state index is 14.5. The van der Waals surface area contributed by atoms with Gasteiger partial charge in [-0.15, -0.1) is 0 Å². The Kier molecular flexibility index (Phi) is 5.59. The number of halogens is 3. The number of hydrogen-bond acceptors (Lipinski definition) is 4. The van der Waals surface area contributed by atoms with E-state index in [0.29, 0.717) is 23.1 Å². The highest BCUT2D eigenvalue weighted by molar-refractivity contribution is 6.09. The minimum Gasteiger partial charge on any atom is -0.435 e. The van der Waals surface area contributed by atoms with Crippen LogP contribution in [0.1, 0.15) is 42.0 Å². The highest BCUT2D eigenvalue weighted by Crippen LogP contribution is 2.41. The predicted molar refractivity (Wildman–Crippen MR) is 114 cm³/mol. The van der Waals surface area contributed by atoms with E-state index in [0.717, 1.165) is 12.8 Å². The van der Waals surface area contributed by atoms with E-state index in [1.165, 1.54) is 42.3 Å². The Labute approximate surface area is 184 Å². The van der Waals surface area contributed by atoms with E-state index in [1.54, 1.807) is 13.0 Å². The molecule has 0 bridgehead atoms. The number of aliphatic imine (C=N–C) groups is 1. The molecule has 1 saturated carbocycles. The lowest BCUT2D eigenvalue weighted by atomic mass is 9.81. The van der Waals surface area contributed by atoms with Gasteiger partial charge in [0.15, 0.2) is 11.5 Å². The van der Waals surface area contributed by atoms with Gasteiger partial charge in [0.05, 0.1) is 5.56 Å². The fourth-order valence-electron chi connectivity index (χ4n) is 3.73. The summed E-state index contributed by atoms with van der Waals surface area (Å²) in [7, 11) is 1.50. The second-order valence-electron chi connectivity index (χ2n) is 7.84. The van der Waals surface area contributed by atoms with Gasteiger partial charge in [0, 0.05) is 13.0 Å². The smallest absolute Gasteiger partial charge is 0.387 e. The van der Waals surface area contributed by atoms with Gasteiger partial charge in [-0.3, -0.25) is 9.69 Å². The number of carbonyl (C=O) groups excluding carboxylic acids is 1. The molecule has 2 N–H and O–H groups in total. The van der Waals surface area contributed by atoms with Crippen molar-refractivity contribution in [2.75, 3.05) is 7.05 Å². The number of alkyl halides is 2. The van der Waals surface area contributed by atoms with Crippen molar-refractivity contribution in [1.29, 1.82) is 0 Å². The third kappa shape index (κ3) is 3.79. The molecule has 1 aliphatic heterocycles. The number of nitrogens with zero attached hydrogens (tertiary/aromatic N) is 2. The number of likely N-dealkylation sites (N-methyl/N-ethyl adjacent to an activating group) is 1. The van der Waals surface area contributed by atoms with Crippen LogP contribution in [0.5, 0.6) is 5.75 Å². The quantitative estimate of drug-likeness (QED) is 0.718. The summed E-state index contributed by atoms with van der Waals surface area (Å²) in [5.41, 5.74) is 5.85. The van der Waals surface area contributed by atoms with Crippen LogP contribution in [0.3, 0.4) is 0 Å². The molecule has 0 aromatic heterocycles. The van der Waals surface area contributed by atoms with Gasteiger partial charge in [0.1, 0.15) is 11.6 Å². The predicted octanol–water partition coefficient (Wildman–Crippen LogP) is 3.78. The third-order valence-electron chi connectivity index (χ3n) is 5.69. The summed E-state index contributed by atoms with van der Waals surface area (Å²) >= 11 is 0. The van der Waals surface area contributed by atoms with Crippen LogP contribution in [0, 0.1) is 23.6 Å². The minimum atomic E-state index is -2.97. The van der Waals surface area contributed by atoms with E-state index in [-0.39, 0.29) is 23.2 Å². The lowest BCUT2D eigenvalue weighted by Gasteiger charge is -2.27. The molecule has 2 aromatic carbocycles. The molecule has 0 radical (unpaired) electrons. The summed E-state index contributed by atoms with van der Waals surface area (Å²) in [6, 6.07) is 8.72. The SMILES string of the molecule is CCc1cc([C@]2(c3ccc(F)c(C#CC4CC4)c3)N=C(N)N(C)C2=O)ccc1OC(F)F. The first kappa shape index (κ1) is 21.8. The Morgan fingerprint density at radius 3 is 2.53 bits per heavy atom. The Balaban J connectivity index is 1.89. The van der Waals surface area contributed by atoms with Crippen LogP contribution in [0.15, 0.2) is 41.4 Å². The summed E-state index contributed by atoms with van der Waals surface area (Å²) in [4.78, 5) is 19.1. The first-order valence-electron chi connectivity index (χ1n) is 10.3. The van der Waals surface area contributed by atoms with Crippen molar-refractivity contribution in [2.24, 2.45) is 16.6 Å². The standard InChI is InChI=1S/C24H22F3N3O2/c1-3-15-12-18(9-11-20(15)32-22(26)27)24(21(31)30(2)23(28)29-24)17-8-10-19(25)16(13-17)7-6-14-4-5-14/h8-14,22H,3-5H2,1-2H3,(H2,28,29)/t24-/m0/s1. The summed E-state index contributed by atoms with van der Waals surface area (Å²) in [5.74, 6) is 5.24. The summed E-state index contributed by atoms with van der Waals surface area (Å²) in [5, 5.41) is 0. The van der Waals surface area contributed by atoms with Gasteiger partial charge in [-0.1, -0.05) is 30.9 Å². The molecular formula is C24H22F3N3O2. The highest BCUT2D eigenvalue weighted by Gasteiger charge is 2.50. The average Bonchev–Trinajstić information content (AvgIpc) is 3.57. The van der Waals surface area contributed by atoms with Crippen molar-refractivity contribution < 1.29 is 22.7 Å². The molecule has 32 heavy (non-hydrogen) atoms. The molecule has 5 nitrogen and oxygen atoms in total. The number of aryl methyl sites for hydroxylation is 1. The number of rotatable bonds is 5. The number of guanidine groups is 1. The van der Waals surface area contributed by atoms with Crippen molar-refractivity contribution in [3.63, 3.8) is 0 Å². The Morgan fingerprint density at radius 1 is 1.25 bits per heavy atom. The lowest BCUT2D eigenvalue weighted by Crippen LogP contribution is -2.41. The van der Waals surface area contributed by atoms with Gasteiger partial charge < -0.3 is 10.5 Å². The Hall–Kier alpha value is -3.47. The Bertz CT molecular complexity index is 1160. The maximum Gasteiger partial charge on any atom is 0.387 e. The molecule has 1 fully saturated rings. The number of hydrogen-bond donors (Lipinski definition) is 1. The van der Waals surface area contributed by atoms with E-state index in [4.69, 9.17) is 5.73 Å². The molecule has 0 spiro atoms. The number of carbonyl (C=O) groups is 1. The zero-order chi connectivity index (χ0) is 23.0. The topological polar surface area (TPSA) is 67.9 Å². The number of ether oxygens (including phenoxy) is 1. The van der Waals surface area contributed by atoms with Crippen LogP contribution < -0.4 is 10.5 Å². The van der Waals surface area contributed by atoms with Crippen LogP contribution in [0.4, 0.5) is 13.2 Å².